The zero-order chi connectivity index (χ0) is 18.0. The Morgan fingerprint density at radius 3 is 2.88 bits per heavy atom. The minimum Gasteiger partial charge on any atom is -0.480 e. The van der Waals surface area contributed by atoms with Crippen molar-refractivity contribution in [3.05, 3.63) is 49.7 Å². The fourth-order valence-corrected chi connectivity index (χ4v) is 4.02. The molecule has 3 rings (SSSR count). The van der Waals surface area contributed by atoms with Crippen LogP contribution >= 0.6 is 43.2 Å². The normalized spacial score (nSPS) is 10.6. The highest BCUT2D eigenvalue weighted by atomic mass is 79.9. The molecule has 25 heavy (non-hydrogen) atoms. The van der Waals surface area contributed by atoms with E-state index in [4.69, 9.17) is 4.74 Å². The van der Waals surface area contributed by atoms with Crippen LogP contribution in [0, 0.1) is 10.1 Å². The lowest BCUT2D eigenvalue weighted by Crippen LogP contribution is -2.20. The maximum Gasteiger partial charge on any atom is 0.345 e. The highest BCUT2D eigenvalue weighted by Crippen LogP contribution is 2.37. The number of nitrogens with one attached hydrogen (secondary N) is 1. The molecule has 0 atom stereocenters. The van der Waals surface area contributed by atoms with E-state index >= 15 is 0 Å². The van der Waals surface area contributed by atoms with Gasteiger partial charge in [0.25, 0.3) is 5.91 Å². The van der Waals surface area contributed by atoms with E-state index in [2.05, 4.69) is 47.1 Å². The van der Waals surface area contributed by atoms with Crippen LogP contribution in [0.1, 0.15) is 0 Å². The number of fused-ring (bicyclic) bond motifs is 1. The third kappa shape index (κ3) is 3.94. The van der Waals surface area contributed by atoms with E-state index < -0.39 is 10.8 Å². The third-order valence-electron chi connectivity index (χ3n) is 3.02. The van der Waals surface area contributed by atoms with Gasteiger partial charge in [0.15, 0.2) is 17.5 Å². The Kier molecular flexibility index (Phi) is 5.25. The van der Waals surface area contributed by atoms with Gasteiger partial charge in [-0.25, -0.2) is 4.98 Å². The first-order valence-corrected chi connectivity index (χ1v) is 9.11. The second kappa shape index (κ2) is 7.42. The van der Waals surface area contributed by atoms with E-state index in [1.165, 1.54) is 0 Å². The Balaban J connectivity index is 1.74. The van der Waals surface area contributed by atoms with Crippen LogP contribution in [0.2, 0.25) is 0 Å². The maximum absolute atomic E-state index is 12.0. The average Bonchev–Trinajstić information content (AvgIpc) is 3.03. The molecule has 0 radical (unpaired) electrons. The van der Waals surface area contributed by atoms with Gasteiger partial charge in [-0.2, -0.15) is 0 Å². The van der Waals surface area contributed by atoms with Crippen LogP contribution in [0.25, 0.3) is 10.9 Å². The largest absolute Gasteiger partial charge is 0.480 e. The van der Waals surface area contributed by atoms with Crippen LogP contribution in [-0.2, 0) is 4.79 Å². The van der Waals surface area contributed by atoms with Crippen LogP contribution < -0.4 is 10.1 Å². The molecule has 0 fully saturated rings. The highest BCUT2D eigenvalue weighted by molar-refractivity contribution is 9.11. The summed E-state index contributed by atoms with van der Waals surface area (Å²) >= 11 is 7.62. The number of aromatic nitrogens is 2. The number of ether oxygens (including phenoxy) is 1. The molecule has 11 heteroatoms. The van der Waals surface area contributed by atoms with Crippen molar-refractivity contribution in [1.29, 1.82) is 0 Å². The molecule has 0 aliphatic carbocycles. The summed E-state index contributed by atoms with van der Waals surface area (Å²) in [4.78, 5) is 30.1. The van der Waals surface area contributed by atoms with Gasteiger partial charge in [-0.1, -0.05) is 22.0 Å². The average molecular weight is 488 g/mol. The molecule has 0 aliphatic rings. The number of halogens is 2. The molecule has 0 spiro atoms. The van der Waals surface area contributed by atoms with Crippen molar-refractivity contribution in [2.75, 3.05) is 11.9 Å². The molecule has 2 heterocycles. The summed E-state index contributed by atoms with van der Waals surface area (Å²) in [5.41, 5.74) is 0.599. The Morgan fingerprint density at radius 2 is 2.16 bits per heavy atom. The number of carbonyl (C=O) groups is 1. The first-order chi connectivity index (χ1) is 12.0. The van der Waals surface area contributed by atoms with Crippen molar-refractivity contribution in [3.8, 4) is 5.75 Å². The number of pyridine rings is 1. The molecule has 0 saturated carbocycles. The molecule has 0 aliphatic heterocycles. The smallest absolute Gasteiger partial charge is 0.345 e. The molecule has 2 aromatic heterocycles. The summed E-state index contributed by atoms with van der Waals surface area (Å²) in [6.07, 6.45) is 2.72. The van der Waals surface area contributed by atoms with Gasteiger partial charge < -0.3 is 4.74 Å². The molecule has 0 unspecified atom stereocenters. The predicted octanol–water partition coefficient (Wildman–Crippen LogP) is 4.14. The summed E-state index contributed by atoms with van der Waals surface area (Å²) < 4.78 is 7.08. The second-order valence-electron chi connectivity index (χ2n) is 4.67. The van der Waals surface area contributed by atoms with E-state index in [9.17, 15) is 14.9 Å². The number of hydrogen-bond donors (Lipinski definition) is 1. The molecule has 8 nitrogen and oxygen atoms in total. The molecular formula is C14H8Br2N4O4S. The summed E-state index contributed by atoms with van der Waals surface area (Å²) in [7, 11) is 0. The van der Waals surface area contributed by atoms with E-state index in [0.717, 1.165) is 27.4 Å². The Bertz CT molecular complexity index is 979. The minimum atomic E-state index is -0.569. The number of nitro groups is 1. The van der Waals surface area contributed by atoms with Crippen LogP contribution in [-0.4, -0.2) is 27.4 Å². The number of amides is 1. The van der Waals surface area contributed by atoms with E-state index in [1.807, 2.05) is 6.07 Å². The van der Waals surface area contributed by atoms with Gasteiger partial charge in [-0.3, -0.25) is 25.2 Å². The van der Waals surface area contributed by atoms with Gasteiger partial charge in [0.2, 0.25) is 0 Å². The van der Waals surface area contributed by atoms with E-state index in [-0.39, 0.29) is 16.7 Å². The van der Waals surface area contributed by atoms with Gasteiger partial charge in [0.1, 0.15) is 11.7 Å². The monoisotopic (exact) mass is 486 g/mol. The minimum absolute atomic E-state index is 0.137. The maximum atomic E-state index is 12.0. The molecule has 0 bridgehead atoms. The topological polar surface area (TPSA) is 107 Å². The SMILES string of the molecule is O=C(COc1c(Br)cc(Br)c2cccnc12)Nc1ncc([N+](=O)[O-])s1. The molecule has 128 valence electrons. The van der Waals surface area contributed by atoms with Gasteiger partial charge in [0.05, 0.1) is 9.40 Å². The zero-order valence-corrected chi connectivity index (χ0v) is 16.2. The highest BCUT2D eigenvalue weighted by Gasteiger charge is 2.16. The Morgan fingerprint density at radius 1 is 1.36 bits per heavy atom. The van der Waals surface area contributed by atoms with Gasteiger partial charge >= 0.3 is 5.00 Å². The van der Waals surface area contributed by atoms with Crippen molar-refractivity contribution >= 4 is 70.1 Å². The number of anilines is 1. The fourth-order valence-electron chi connectivity index (χ4n) is 1.98. The number of nitrogens with zero attached hydrogens (tertiary/aromatic N) is 3. The van der Waals surface area contributed by atoms with E-state index in [1.54, 1.807) is 18.3 Å². The fraction of sp³-hybridized carbons (Fsp3) is 0.0714. The van der Waals surface area contributed by atoms with Crippen molar-refractivity contribution in [2.24, 2.45) is 0 Å². The first kappa shape index (κ1) is 17.7. The second-order valence-corrected chi connectivity index (χ2v) is 7.38. The lowest BCUT2D eigenvalue weighted by molar-refractivity contribution is -0.380. The van der Waals surface area contributed by atoms with Crippen LogP contribution in [0.4, 0.5) is 10.1 Å². The summed E-state index contributed by atoms with van der Waals surface area (Å²) in [6.45, 7) is -0.292. The van der Waals surface area contributed by atoms with Crippen molar-refractivity contribution in [1.82, 2.24) is 9.97 Å². The van der Waals surface area contributed by atoms with Crippen LogP contribution in [0.15, 0.2) is 39.5 Å². The predicted molar refractivity (Wildman–Crippen MR) is 100 cm³/mol. The Labute approximate surface area is 161 Å². The standard InChI is InChI=1S/C14H8Br2N4O4S/c15-8-4-9(16)13(12-7(8)2-1-3-17-12)24-6-10(21)19-14-18-5-11(25-14)20(22)23/h1-5H,6H2,(H,18,19,21). The summed E-state index contributed by atoms with van der Waals surface area (Å²) in [5.74, 6) is -0.0535. The van der Waals surface area contributed by atoms with Gasteiger partial charge in [-0.15, -0.1) is 0 Å². The van der Waals surface area contributed by atoms with Crippen molar-refractivity contribution < 1.29 is 14.5 Å². The quantitative estimate of drug-likeness (QED) is 0.428. The number of thiazole rings is 1. The molecule has 1 N–H and O–H groups in total. The molecule has 1 aromatic carbocycles. The van der Waals surface area contributed by atoms with Crippen molar-refractivity contribution in [2.45, 2.75) is 0 Å². The first-order valence-electron chi connectivity index (χ1n) is 6.71. The summed E-state index contributed by atoms with van der Waals surface area (Å²) in [5, 5.41) is 13.9. The Hall–Kier alpha value is -2.11. The van der Waals surface area contributed by atoms with Crippen LogP contribution in [0.5, 0.6) is 5.75 Å². The molecule has 1 amide bonds. The number of rotatable bonds is 5. The molecular weight excluding hydrogens is 480 g/mol. The number of carbonyl (C=O) groups excluding carboxylic acids is 1. The molecule has 3 aromatic rings. The number of benzene rings is 1. The van der Waals surface area contributed by atoms with Gasteiger partial charge in [-0.05, 0) is 39.4 Å². The zero-order valence-electron chi connectivity index (χ0n) is 12.2. The van der Waals surface area contributed by atoms with Crippen LogP contribution in [0.3, 0.4) is 0 Å². The summed E-state index contributed by atoms with van der Waals surface area (Å²) in [6, 6.07) is 5.48. The van der Waals surface area contributed by atoms with Gasteiger partial charge in [0, 0.05) is 16.1 Å². The third-order valence-corrected chi connectivity index (χ3v) is 5.13. The lowest BCUT2D eigenvalue weighted by Gasteiger charge is -2.11. The van der Waals surface area contributed by atoms with Crippen molar-refractivity contribution in [3.63, 3.8) is 0 Å². The lowest BCUT2D eigenvalue weighted by atomic mass is 10.2. The molecule has 0 saturated heterocycles. The number of hydrogen-bond acceptors (Lipinski definition) is 7. The van der Waals surface area contributed by atoms with E-state index in [0.29, 0.717) is 15.7 Å².